The Morgan fingerprint density at radius 2 is 1.77 bits per heavy atom. The van der Waals surface area contributed by atoms with Crippen molar-refractivity contribution in [3.8, 4) is 0 Å². The molecule has 2 aromatic carbocycles. The molecule has 0 spiro atoms. The van der Waals surface area contributed by atoms with Crippen LogP contribution in [0.25, 0.3) is 0 Å². The summed E-state index contributed by atoms with van der Waals surface area (Å²) in [5, 5.41) is 0. The molecule has 134 valence electrons. The van der Waals surface area contributed by atoms with Gasteiger partial charge in [0.2, 0.25) is 5.91 Å². The zero-order valence-corrected chi connectivity index (χ0v) is 16.2. The van der Waals surface area contributed by atoms with Gasteiger partial charge in [-0.15, -0.1) is 0 Å². The number of hydrogen-bond donors (Lipinski definition) is 0. The van der Waals surface area contributed by atoms with Gasteiger partial charge in [-0.05, 0) is 30.7 Å². The van der Waals surface area contributed by atoms with Crippen molar-refractivity contribution in [2.75, 3.05) is 13.6 Å². The topological polar surface area (TPSA) is 57.7 Å². The van der Waals surface area contributed by atoms with Gasteiger partial charge in [0, 0.05) is 31.0 Å². The lowest BCUT2D eigenvalue weighted by molar-refractivity contribution is -0.130. The number of fused-ring (bicyclic) bond motifs is 1. The van der Waals surface area contributed by atoms with Crippen molar-refractivity contribution in [2.24, 2.45) is 0 Å². The van der Waals surface area contributed by atoms with E-state index < -0.39 is 0 Å². The van der Waals surface area contributed by atoms with Crippen LogP contribution in [0.3, 0.4) is 0 Å². The number of benzene rings is 2. The maximum atomic E-state index is 12.5. The van der Waals surface area contributed by atoms with E-state index in [0.717, 1.165) is 20.5 Å². The summed E-state index contributed by atoms with van der Waals surface area (Å²) in [7, 11) is 1.72. The van der Waals surface area contributed by atoms with Crippen molar-refractivity contribution in [1.29, 1.82) is 0 Å². The molecule has 3 amide bonds. The number of halogens is 1. The fraction of sp³-hybridized carbons (Fsp3) is 0.250. The van der Waals surface area contributed by atoms with Crippen molar-refractivity contribution in [2.45, 2.75) is 19.9 Å². The summed E-state index contributed by atoms with van der Waals surface area (Å²) < 4.78 is 0.940. The van der Waals surface area contributed by atoms with Crippen molar-refractivity contribution in [1.82, 2.24) is 9.80 Å². The molecular weight excluding hydrogens is 396 g/mol. The molecule has 0 saturated carbocycles. The average Bonchev–Trinajstić information content (AvgIpc) is 2.85. The van der Waals surface area contributed by atoms with Gasteiger partial charge in [-0.2, -0.15) is 0 Å². The number of carbonyl (C=O) groups is 3. The van der Waals surface area contributed by atoms with E-state index in [9.17, 15) is 14.4 Å². The molecule has 6 heteroatoms. The minimum atomic E-state index is -0.328. The van der Waals surface area contributed by atoms with Crippen LogP contribution in [-0.2, 0) is 11.3 Å². The maximum Gasteiger partial charge on any atom is 0.261 e. The molecule has 0 saturated heterocycles. The predicted molar refractivity (Wildman–Crippen MR) is 102 cm³/mol. The second-order valence-corrected chi connectivity index (χ2v) is 7.26. The van der Waals surface area contributed by atoms with Gasteiger partial charge in [-0.1, -0.05) is 45.8 Å². The molecule has 1 aliphatic rings. The molecule has 26 heavy (non-hydrogen) atoms. The molecule has 3 rings (SSSR count). The first-order valence-electron chi connectivity index (χ1n) is 8.32. The van der Waals surface area contributed by atoms with Crippen LogP contribution in [-0.4, -0.2) is 41.1 Å². The molecule has 1 aliphatic heterocycles. The van der Waals surface area contributed by atoms with Crippen molar-refractivity contribution >= 4 is 33.7 Å². The summed E-state index contributed by atoms with van der Waals surface area (Å²) in [6, 6.07) is 12.9. The highest BCUT2D eigenvalue weighted by atomic mass is 79.9. The lowest BCUT2D eigenvalue weighted by atomic mass is 10.1. The molecule has 0 unspecified atom stereocenters. The first-order valence-corrected chi connectivity index (χ1v) is 9.12. The number of aryl methyl sites for hydroxylation is 1. The monoisotopic (exact) mass is 414 g/mol. The molecule has 0 aliphatic carbocycles. The Hall–Kier alpha value is -2.47. The zero-order chi connectivity index (χ0) is 18.8. The number of rotatable bonds is 5. The van der Waals surface area contributed by atoms with Gasteiger partial charge in [0.25, 0.3) is 11.8 Å². The highest BCUT2D eigenvalue weighted by molar-refractivity contribution is 9.10. The minimum Gasteiger partial charge on any atom is -0.341 e. The summed E-state index contributed by atoms with van der Waals surface area (Å²) in [4.78, 5) is 40.0. The number of imide groups is 1. The molecule has 0 fully saturated rings. The summed E-state index contributed by atoms with van der Waals surface area (Å²) >= 11 is 3.47. The number of carbonyl (C=O) groups excluding carboxylic acids is 3. The van der Waals surface area contributed by atoms with Crippen LogP contribution in [0.1, 0.15) is 38.3 Å². The van der Waals surface area contributed by atoms with E-state index in [4.69, 9.17) is 0 Å². The van der Waals surface area contributed by atoms with Gasteiger partial charge in [-0.25, -0.2) is 0 Å². The Morgan fingerprint density at radius 1 is 1.08 bits per heavy atom. The Labute approximate surface area is 160 Å². The normalized spacial score (nSPS) is 13.1. The Kier molecular flexibility index (Phi) is 5.23. The van der Waals surface area contributed by atoms with E-state index in [2.05, 4.69) is 15.9 Å². The van der Waals surface area contributed by atoms with Crippen LogP contribution in [0.4, 0.5) is 0 Å². The van der Waals surface area contributed by atoms with Gasteiger partial charge >= 0.3 is 0 Å². The molecule has 0 radical (unpaired) electrons. The lowest BCUT2D eigenvalue weighted by Crippen LogP contribution is -2.35. The lowest BCUT2D eigenvalue weighted by Gasteiger charge is -2.20. The number of amides is 3. The van der Waals surface area contributed by atoms with Crippen LogP contribution in [0, 0.1) is 6.92 Å². The maximum absolute atomic E-state index is 12.5. The fourth-order valence-corrected chi connectivity index (χ4v) is 3.39. The van der Waals surface area contributed by atoms with Crippen LogP contribution in [0.5, 0.6) is 0 Å². The van der Waals surface area contributed by atoms with E-state index in [-0.39, 0.29) is 30.7 Å². The fourth-order valence-electron chi connectivity index (χ4n) is 2.98. The van der Waals surface area contributed by atoms with E-state index in [1.54, 1.807) is 24.1 Å². The minimum absolute atomic E-state index is 0.0878. The standard InChI is InChI=1S/C20H19BrN2O3/c1-13-7-8-15-16(11-13)20(26)23(19(15)25)10-9-18(24)22(2)12-14-5-3-4-6-17(14)21/h3-8,11H,9-10,12H2,1-2H3. The average molecular weight is 415 g/mol. The largest absolute Gasteiger partial charge is 0.341 e. The van der Waals surface area contributed by atoms with Gasteiger partial charge < -0.3 is 4.90 Å². The third-order valence-electron chi connectivity index (χ3n) is 4.47. The van der Waals surface area contributed by atoms with E-state index in [1.807, 2.05) is 37.3 Å². The first kappa shape index (κ1) is 18.3. The second-order valence-electron chi connectivity index (χ2n) is 6.40. The van der Waals surface area contributed by atoms with Gasteiger partial charge in [-0.3, -0.25) is 19.3 Å². The molecular formula is C20H19BrN2O3. The van der Waals surface area contributed by atoms with E-state index in [1.165, 1.54) is 0 Å². The third kappa shape index (κ3) is 3.55. The first-order chi connectivity index (χ1) is 12.4. The molecule has 0 aromatic heterocycles. The smallest absolute Gasteiger partial charge is 0.261 e. The van der Waals surface area contributed by atoms with Crippen LogP contribution < -0.4 is 0 Å². The molecule has 0 atom stereocenters. The van der Waals surface area contributed by atoms with Gasteiger partial charge in [0.1, 0.15) is 0 Å². The third-order valence-corrected chi connectivity index (χ3v) is 5.24. The number of nitrogens with zero attached hydrogens (tertiary/aromatic N) is 2. The summed E-state index contributed by atoms with van der Waals surface area (Å²) in [6.45, 7) is 2.42. The van der Waals surface area contributed by atoms with E-state index >= 15 is 0 Å². The van der Waals surface area contributed by atoms with Crippen molar-refractivity contribution < 1.29 is 14.4 Å². The van der Waals surface area contributed by atoms with Crippen molar-refractivity contribution in [3.05, 3.63) is 69.2 Å². The van der Waals surface area contributed by atoms with Gasteiger partial charge in [0.15, 0.2) is 0 Å². The zero-order valence-electron chi connectivity index (χ0n) is 14.7. The Balaban J connectivity index is 1.62. The summed E-state index contributed by atoms with van der Waals surface area (Å²) in [6.07, 6.45) is 0.103. The summed E-state index contributed by atoms with van der Waals surface area (Å²) in [5.41, 5.74) is 2.76. The van der Waals surface area contributed by atoms with Crippen LogP contribution in [0.15, 0.2) is 46.9 Å². The van der Waals surface area contributed by atoms with Gasteiger partial charge in [0.05, 0.1) is 11.1 Å². The van der Waals surface area contributed by atoms with Crippen LogP contribution >= 0.6 is 15.9 Å². The van der Waals surface area contributed by atoms with E-state index in [0.29, 0.717) is 17.7 Å². The molecule has 2 aromatic rings. The highest BCUT2D eigenvalue weighted by Gasteiger charge is 2.35. The highest BCUT2D eigenvalue weighted by Crippen LogP contribution is 2.24. The van der Waals surface area contributed by atoms with Crippen LogP contribution in [0.2, 0.25) is 0 Å². The summed E-state index contributed by atoms with van der Waals surface area (Å²) in [5.74, 6) is -0.769. The molecule has 5 nitrogen and oxygen atoms in total. The quantitative estimate of drug-likeness (QED) is 0.704. The van der Waals surface area contributed by atoms with Crippen molar-refractivity contribution in [3.63, 3.8) is 0 Å². The number of hydrogen-bond acceptors (Lipinski definition) is 3. The predicted octanol–water partition coefficient (Wildman–Crippen LogP) is 3.40. The molecule has 0 bridgehead atoms. The SMILES string of the molecule is Cc1ccc2c(c1)C(=O)N(CCC(=O)N(C)Cc1ccccc1Br)C2=O. The Morgan fingerprint density at radius 3 is 2.50 bits per heavy atom. The molecule has 0 N–H and O–H groups in total. The Bertz CT molecular complexity index is 894. The second kappa shape index (κ2) is 7.41. The molecule has 1 heterocycles.